The number of rotatable bonds is 5. The standard InChI is InChI=1S/C21H26O3/c1-14-6-7-16(15(2)12-14)13-19(20(22)23)24-18-10-8-17(9-11-18)21(3,4)5/h6-12,19H,13H2,1-5H3,(H,22,23). The predicted molar refractivity (Wildman–Crippen MR) is 96.8 cm³/mol. The zero-order chi connectivity index (χ0) is 17.9. The monoisotopic (exact) mass is 326 g/mol. The van der Waals surface area contributed by atoms with Gasteiger partial charge in [0.2, 0.25) is 0 Å². The van der Waals surface area contributed by atoms with Crippen LogP contribution in [0.25, 0.3) is 0 Å². The van der Waals surface area contributed by atoms with E-state index in [2.05, 4.69) is 26.8 Å². The molecule has 0 fully saturated rings. The molecular weight excluding hydrogens is 300 g/mol. The summed E-state index contributed by atoms with van der Waals surface area (Å²) in [6.07, 6.45) is -0.547. The van der Waals surface area contributed by atoms with Gasteiger partial charge in [0.1, 0.15) is 5.75 Å². The van der Waals surface area contributed by atoms with Crippen molar-refractivity contribution >= 4 is 5.97 Å². The fourth-order valence-corrected chi connectivity index (χ4v) is 2.65. The molecule has 0 heterocycles. The van der Waals surface area contributed by atoms with Crippen molar-refractivity contribution < 1.29 is 14.6 Å². The van der Waals surface area contributed by atoms with Crippen molar-refractivity contribution in [3.8, 4) is 5.75 Å². The van der Waals surface area contributed by atoms with Gasteiger partial charge in [0.15, 0.2) is 6.10 Å². The van der Waals surface area contributed by atoms with Gasteiger partial charge in [-0.3, -0.25) is 0 Å². The molecular formula is C21H26O3. The van der Waals surface area contributed by atoms with E-state index in [-0.39, 0.29) is 5.41 Å². The number of hydrogen-bond acceptors (Lipinski definition) is 2. The average Bonchev–Trinajstić information content (AvgIpc) is 2.48. The van der Waals surface area contributed by atoms with E-state index in [0.717, 1.165) is 11.1 Å². The van der Waals surface area contributed by atoms with Crippen molar-refractivity contribution in [1.82, 2.24) is 0 Å². The molecule has 0 saturated heterocycles. The normalized spacial score (nSPS) is 12.7. The van der Waals surface area contributed by atoms with E-state index in [1.807, 2.05) is 50.2 Å². The number of aryl methyl sites for hydroxylation is 2. The quantitative estimate of drug-likeness (QED) is 0.868. The molecule has 0 spiro atoms. The van der Waals surface area contributed by atoms with Crippen molar-refractivity contribution in [3.63, 3.8) is 0 Å². The summed E-state index contributed by atoms with van der Waals surface area (Å²) in [5, 5.41) is 9.50. The smallest absolute Gasteiger partial charge is 0.345 e. The van der Waals surface area contributed by atoms with Crippen molar-refractivity contribution in [3.05, 3.63) is 64.7 Å². The van der Waals surface area contributed by atoms with Crippen LogP contribution < -0.4 is 4.74 Å². The maximum atomic E-state index is 11.6. The van der Waals surface area contributed by atoms with E-state index in [4.69, 9.17) is 4.74 Å². The van der Waals surface area contributed by atoms with Crippen molar-refractivity contribution in [2.75, 3.05) is 0 Å². The summed E-state index contributed by atoms with van der Waals surface area (Å²) in [5.41, 5.74) is 4.51. The lowest BCUT2D eigenvalue weighted by molar-refractivity contribution is -0.145. The largest absolute Gasteiger partial charge is 0.478 e. The molecule has 2 aromatic carbocycles. The van der Waals surface area contributed by atoms with Crippen molar-refractivity contribution in [2.24, 2.45) is 0 Å². The minimum Gasteiger partial charge on any atom is -0.478 e. The Morgan fingerprint density at radius 2 is 1.71 bits per heavy atom. The molecule has 2 aromatic rings. The second-order valence-electron chi connectivity index (χ2n) is 7.35. The second-order valence-corrected chi connectivity index (χ2v) is 7.35. The SMILES string of the molecule is Cc1ccc(CC(Oc2ccc(C(C)(C)C)cc2)C(=O)O)c(C)c1. The summed E-state index contributed by atoms with van der Waals surface area (Å²) in [6, 6.07) is 13.7. The van der Waals surface area contributed by atoms with Crippen molar-refractivity contribution in [2.45, 2.75) is 52.6 Å². The van der Waals surface area contributed by atoms with E-state index in [1.54, 1.807) is 0 Å². The first kappa shape index (κ1) is 18.1. The zero-order valence-corrected chi connectivity index (χ0v) is 15.1. The Labute approximate surface area is 144 Å². The van der Waals surface area contributed by atoms with E-state index in [9.17, 15) is 9.90 Å². The molecule has 1 N–H and O–H groups in total. The Kier molecular flexibility index (Phi) is 5.33. The Balaban J connectivity index is 2.15. The van der Waals surface area contributed by atoms with E-state index < -0.39 is 12.1 Å². The molecule has 1 unspecified atom stereocenters. The maximum Gasteiger partial charge on any atom is 0.345 e. The molecule has 0 aliphatic rings. The molecule has 128 valence electrons. The summed E-state index contributed by atoms with van der Waals surface area (Å²) in [6.45, 7) is 10.5. The molecule has 0 amide bonds. The summed E-state index contributed by atoms with van der Waals surface area (Å²) >= 11 is 0. The highest BCUT2D eigenvalue weighted by Gasteiger charge is 2.21. The lowest BCUT2D eigenvalue weighted by Gasteiger charge is -2.20. The lowest BCUT2D eigenvalue weighted by atomic mass is 9.87. The van der Waals surface area contributed by atoms with Gasteiger partial charge in [0.05, 0.1) is 0 Å². The molecule has 24 heavy (non-hydrogen) atoms. The highest BCUT2D eigenvalue weighted by molar-refractivity contribution is 5.73. The fraction of sp³-hybridized carbons (Fsp3) is 0.381. The van der Waals surface area contributed by atoms with Gasteiger partial charge in [0.25, 0.3) is 0 Å². The molecule has 0 aliphatic carbocycles. The van der Waals surface area contributed by atoms with Crippen LogP contribution >= 0.6 is 0 Å². The van der Waals surface area contributed by atoms with Gasteiger partial charge in [-0.15, -0.1) is 0 Å². The van der Waals surface area contributed by atoms with Gasteiger partial charge < -0.3 is 9.84 Å². The molecule has 0 saturated carbocycles. The third kappa shape index (κ3) is 4.60. The Morgan fingerprint density at radius 3 is 2.21 bits per heavy atom. The van der Waals surface area contributed by atoms with Crippen LogP contribution in [-0.2, 0) is 16.6 Å². The first-order valence-corrected chi connectivity index (χ1v) is 8.23. The third-order valence-electron chi connectivity index (χ3n) is 4.18. The Bertz CT molecular complexity index is 709. The number of hydrogen-bond donors (Lipinski definition) is 1. The van der Waals surface area contributed by atoms with Crippen LogP contribution in [-0.4, -0.2) is 17.2 Å². The number of benzene rings is 2. The summed E-state index contributed by atoms with van der Waals surface area (Å²) in [5.74, 6) is -0.366. The molecule has 0 bridgehead atoms. The molecule has 2 rings (SSSR count). The topological polar surface area (TPSA) is 46.5 Å². The molecule has 0 aromatic heterocycles. The number of aliphatic carboxylic acids is 1. The highest BCUT2D eigenvalue weighted by atomic mass is 16.5. The van der Waals surface area contributed by atoms with Crippen LogP contribution in [0.15, 0.2) is 42.5 Å². The van der Waals surface area contributed by atoms with Crippen LogP contribution in [0.3, 0.4) is 0 Å². The first-order valence-electron chi connectivity index (χ1n) is 8.23. The van der Waals surface area contributed by atoms with Gasteiger partial charge in [-0.05, 0) is 48.1 Å². The number of ether oxygens (including phenoxy) is 1. The van der Waals surface area contributed by atoms with Gasteiger partial charge in [-0.25, -0.2) is 4.79 Å². The minimum absolute atomic E-state index is 0.0593. The molecule has 0 aliphatic heterocycles. The van der Waals surface area contributed by atoms with Crippen LogP contribution in [0, 0.1) is 13.8 Å². The molecule has 3 heteroatoms. The highest BCUT2D eigenvalue weighted by Crippen LogP contribution is 2.25. The van der Waals surface area contributed by atoms with Crippen LogP contribution in [0.4, 0.5) is 0 Å². The average molecular weight is 326 g/mol. The van der Waals surface area contributed by atoms with Gasteiger partial charge in [0, 0.05) is 6.42 Å². The van der Waals surface area contributed by atoms with Crippen LogP contribution in [0.2, 0.25) is 0 Å². The van der Waals surface area contributed by atoms with E-state index >= 15 is 0 Å². The minimum atomic E-state index is -0.949. The number of carboxylic acids is 1. The Hall–Kier alpha value is -2.29. The summed E-state index contributed by atoms with van der Waals surface area (Å²) in [7, 11) is 0. The third-order valence-corrected chi connectivity index (χ3v) is 4.18. The Morgan fingerprint density at radius 1 is 1.08 bits per heavy atom. The van der Waals surface area contributed by atoms with Crippen LogP contribution in [0.5, 0.6) is 5.75 Å². The molecule has 0 radical (unpaired) electrons. The van der Waals surface area contributed by atoms with Crippen molar-refractivity contribution in [1.29, 1.82) is 0 Å². The predicted octanol–water partition coefficient (Wildman–Crippen LogP) is 4.68. The molecule has 1 atom stereocenters. The van der Waals surface area contributed by atoms with Gasteiger partial charge in [-0.1, -0.05) is 56.7 Å². The van der Waals surface area contributed by atoms with Crippen LogP contribution in [0.1, 0.15) is 43.0 Å². The lowest BCUT2D eigenvalue weighted by Crippen LogP contribution is -2.29. The first-order chi connectivity index (χ1) is 11.2. The number of carbonyl (C=O) groups is 1. The fourth-order valence-electron chi connectivity index (χ4n) is 2.65. The van der Waals surface area contributed by atoms with Gasteiger partial charge >= 0.3 is 5.97 Å². The van der Waals surface area contributed by atoms with Gasteiger partial charge in [-0.2, -0.15) is 0 Å². The summed E-state index contributed by atoms with van der Waals surface area (Å²) < 4.78 is 5.73. The van der Waals surface area contributed by atoms with E-state index in [0.29, 0.717) is 12.2 Å². The molecule has 3 nitrogen and oxygen atoms in total. The second kappa shape index (κ2) is 7.08. The van der Waals surface area contributed by atoms with E-state index in [1.165, 1.54) is 11.1 Å². The maximum absolute atomic E-state index is 11.6. The zero-order valence-electron chi connectivity index (χ0n) is 15.1. The summed E-state index contributed by atoms with van der Waals surface area (Å²) in [4.78, 5) is 11.6. The number of carboxylic acid groups (broad SMARTS) is 1.